The highest BCUT2D eigenvalue weighted by Crippen LogP contribution is 2.30. The van der Waals surface area contributed by atoms with Gasteiger partial charge in [-0.25, -0.2) is 8.42 Å². The molecule has 4 rings (SSSR count). The molecule has 2 amide bonds. The molecule has 0 spiro atoms. The highest BCUT2D eigenvalue weighted by molar-refractivity contribution is 7.89. The third-order valence-electron chi connectivity index (χ3n) is 6.44. The van der Waals surface area contributed by atoms with Crippen molar-refractivity contribution in [2.75, 3.05) is 25.0 Å². The molecule has 31 heavy (non-hydrogen) atoms. The first-order valence-electron chi connectivity index (χ1n) is 11.1. The van der Waals surface area contributed by atoms with Crippen LogP contribution in [0.15, 0.2) is 29.2 Å². The van der Waals surface area contributed by atoms with E-state index in [0.29, 0.717) is 25.3 Å². The zero-order valence-electron chi connectivity index (χ0n) is 18.1. The second kappa shape index (κ2) is 8.88. The van der Waals surface area contributed by atoms with Crippen LogP contribution in [0.25, 0.3) is 0 Å². The summed E-state index contributed by atoms with van der Waals surface area (Å²) in [6.45, 7) is 4.82. The molecule has 3 fully saturated rings. The van der Waals surface area contributed by atoms with Crippen LogP contribution in [0.1, 0.15) is 46.0 Å². The van der Waals surface area contributed by atoms with E-state index in [4.69, 9.17) is 4.74 Å². The lowest BCUT2D eigenvalue weighted by molar-refractivity contribution is -0.129. The summed E-state index contributed by atoms with van der Waals surface area (Å²) < 4.78 is 33.0. The van der Waals surface area contributed by atoms with Gasteiger partial charge in [0.15, 0.2) is 0 Å². The monoisotopic (exact) mass is 449 g/mol. The van der Waals surface area contributed by atoms with E-state index in [0.717, 1.165) is 25.7 Å². The molecule has 9 heteroatoms. The number of hydrogen-bond donors (Lipinski definition) is 1. The maximum atomic E-state index is 13.0. The number of rotatable bonds is 5. The molecule has 0 aromatic heterocycles. The van der Waals surface area contributed by atoms with Crippen LogP contribution in [0.2, 0.25) is 0 Å². The van der Waals surface area contributed by atoms with Crippen molar-refractivity contribution in [1.82, 2.24) is 9.21 Å². The van der Waals surface area contributed by atoms with Crippen LogP contribution in [0, 0.1) is 5.92 Å². The van der Waals surface area contributed by atoms with E-state index in [1.165, 1.54) is 16.4 Å². The third kappa shape index (κ3) is 4.78. The number of nitrogens with one attached hydrogen (secondary N) is 1. The Morgan fingerprint density at radius 2 is 1.65 bits per heavy atom. The summed E-state index contributed by atoms with van der Waals surface area (Å²) in [4.78, 5) is 27.1. The average Bonchev–Trinajstić information content (AvgIpc) is 3.37. The summed E-state index contributed by atoms with van der Waals surface area (Å²) in [5.41, 5.74) is 0.527. The van der Waals surface area contributed by atoms with Crippen molar-refractivity contribution < 1.29 is 22.7 Å². The van der Waals surface area contributed by atoms with E-state index in [9.17, 15) is 18.0 Å². The summed E-state index contributed by atoms with van der Waals surface area (Å²) >= 11 is 0. The Balaban J connectivity index is 1.38. The van der Waals surface area contributed by atoms with Crippen LogP contribution in [-0.4, -0.2) is 67.3 Å². The molecule has 3 aliphatic rings. The van der Waals surface area contributed by atoms with E-state index >= 15 is 0 Å². The van der Waals surface area contributed by atoms with Crippen LogP contribution in [0.4, 0.5) is 5.69 Å². The Hall–Kier alpha value is -1.97. The smallest absolute Gasteiger partial charge is 0.243 e. The minimum absolute atomic E-state index is 0.0578. The number of carbonyl (C=O) groups excluding carboxylic acids is 2. The Morgan fingerprint density at radius 1 is 1.03 bits per heavy atom. The molecule has 1 aliphatic carbocycles. The first-order chi connectivity index (χ1) is 14.7. The molecule has 1 aromatic carbocycles. The minimum atomic E-state index is -3.62. The van der Waals surface area contributed by atoms with Crippen molar-refractivity contribution in [1.29, 1.82) is 0 Å². The van der Waals surface area contributed by atoms with Crippen molar-refractivity contribution in [2.45, 2.75) is 69.1 Å². The Labute approximate surface area is 184 Å². The molecule has 1 N–H and O–H groups in total. The van der Waals surface area contributed by atoms with Gasteiger partial charge >= 0.3 is 0 Å². The van der Waals surface area contributed by atoms with Gasteiger partial charge in [-0.15, -0.1) is 0 Å². The van der Waals surface area contributed by atoms with Crippen LogP contribution in [0.5, 0.6) is 0 Å². The van der Waals surface area contributed by atoms with Crippen molar-refractivity contribution in [2.24, 2.45) is 5.92 Å². The Bertz CT molecular complexity index is 917. The van der Waals surface area contributed by atoms with Gasteiger partial charge in [0, 0.05) is 37.8 Å². The van der Waals surface area contributed by atoms with Gasteiger partial charge in [-0.2, -0.15) is 4.31 Å². The lowest BCUT2D eigenvalue weighted by atomic mass is 10.1. The lowest BCUT2D eigenvalue weighted by Crippen LogP contribution is -2.48. The summed E-state index contributed by atoms with van der Waals surface area (Å²) in [5, 5.41) is 2.84. The largest absolute Gasteiger partial charge is 0.373 e. The first kappa shape index (κ1) is 22.2. The molecule has 1 saturated carbocycles. The molecule has 2 aliphatic heterocycles. The number of hydrogen-bond acceptors (Lipinski definition) is 5. The Morgan fingerprint density at radius 3 is 2.26 bits per heavy atom. The number of sulfonamides is 1. The van der Waals surface area contributed by atoms with Crippen molar-refractivity contribution in [3.8, 4) is 0 Å². The van der Waals surface area contributed by atoms with Gasteiger partial charge in [0.05, 0.1) is 23.0 Å². The highest BCUT2D eigenvalue weighted by Gasteiger charge is 2.38. The SMILES string of the molecule is C[C@@H]1CN(S(=O)(=O)c2ccc(NC(=O)[C@H]3CC(=O)N(C4CCCC4)C3)cc2)C[C@H](C)O1. The second-order valence-electron chi connectivity index (χ2n) is 8.98. The van der Waals surface area contributed by atoms with E-state index in [2.05, 4.69) is 5.32 Å². The maximum absolute atomic E-state index is 13.0. The molecule has 0 radical (unpaired) electrons. The molecule has 0 bridgehead atoms. The molecule has 2 saturated heterocycles. The van der Waals surface area contributed by atoms with Crippen LogP contribution in [-0.2, 0) is 24.3 Å². The number of ether oxygens (including phenoxy) is 1. The van der Waals surface area contributed by atoms with Gasteiger partial charge < -0.3 is 15.0 Å². The van der Waals surface area contributed by atoms with Crippen LogP contribution >= 0.6 is 0 Å². The number of likely N-dealkylation sites (tertiary alicyclic amines) is 1. The summed E-state index contributed by atoms with van der Waals surface area (Å²) in [5.74, 6) is -0.504. The van der Waals surface area contributed by atoms with Gasteiger partial charge in [-0.1, -0.05) is 12.8 Å². The van der Waals surface area contributed by atoms with E-state index in [-0.39, 0.29) is 47.3 Å². The molecular formula is C22H31N3O5S. The maximum Gasteiger partial charge on any atom is 0.243 e. The average molecular weight is 450 g/mol. The van der Waals surface area contributed by atoms with Crippen LogP contribution in [0.3, 0.4) is 0 Å². The highest BCUT2D eigenvalue weighted by atomic mass is 32.2. The standard InChI is InChI=1S/C22H31N3O5S/c1-15-12-24(13-16(2)30-15)31(28,29)20-9-7-18(8-10-20)23-22(27)17-11-21(26)25(14-17)19-5-3-4-6-19/h7-10,15-17,19H,3-6,11-14H2,1-2H3,(H,23,27)/t15-,16+,17-/m0/s1. The van der Waals surface area contributed by atoms with E-state index in [1.54, 1.807) is 12.1 Å². The van der Waals surface area contributed by atoms with E-state index < -0.39 is 10.0 Å². The minimum Gasteiger partial charge on any atom is -0.373 e. The number of benzene rings is 1. The fraction of sp³-hybridized carbons (Fsp3) is 0.636. The van der Waals surface area contributed by atoms with E-state index in [1.807, 2.05) is 18.7 Å². The van der Waals surface area contributed by atoms with Gasteiger partial charge in [-0.3, -0.25) is 9.59 Å². The fourth-order valence-corrected chi connectivity index (χ4v) is 6.50. The number of carbonyl (C=O) groups is 2. The lowest BCUT2D eigenvalue weighted by Gasteiger charge is -2.34. The topological polar surface area (TPSA) is 96.0 Å². The second-order valence-corrected chi connectivity index (χ2v) is 10.9. The number of anilines is 1. The van der Waals surface area contributed by atoms with Crippen LogP contribution < -0.4 is 5.32 Å². The zero-order chi connectivity index (χ0) is 22.2. The van der Waals surface area contributed by atoms with Crippen molar-refractivity contribution in [3.63, 3.8) is 0 Å². The normalized spacial score (nSPS) is 28.3. The quantitative estimate of drug-likeness (QED) is 0.744. The van der Waals surface area contributed by atoms with Crippen molar-refractivity contribution >= 4 is 27.5 Å². The number of morpholine rings is 1. The molecule has 2 heterocycles. The third-order valence-corrected chi connectivity index (χ3v) is 8.29. The molecular weight excluding hydrogens is 418 g/mol. The molecule has 170 valence electrons. The molecule has 8 nitrogen and oxygen atoms in total. The number of amides is 2. The summed E-state index contributed by atoms with van der Waals surface area (Å²) in [6.07, 6.45) is 4.26. The van der Waals surface area contributed by atoms with Gasteiger partial charge in [0.2, 0.25) is 21.8 Å². The number of nitrogens with zero attached hydrogens (tertiary/aromatic N) is 2. The predicted octanol–water partition coefficient (Wildman–Crippen LogP) is 2.21. The molecule has 3 atom stereocenters. The van der Waals surface area contributed by atoms with Gasteiger partial charge in [-0.05, 0) is 51.0 Å². The predicted molar refractivity (Wildman–Crippen MR) is 116 cm³/mol. The zero-order valence-corrected chi connectivity index (χ0v) is 18.9. The summed E-state index contributed by atoms with van der Waals surface area (Å²) in [6, 6.07) is 6.51. The molecule has 0 unspecified atom stereocenters. The van der Waals surface area contributed by atoms with Gasteiger partial charge in [0.25, 0.3) is 0 Å². The Kier molecular flexibility index (Phi) is 6.37. The summed E-state index contributed by atoms with van der Waals surface area (Å²) in [7, 11) is -3.62. The first-order valence-corrected chi connectivity index (χ1v) is 12.5. The van der Waals surface area contributed by atoms with Crippen molar-refractivity contribution in [3.05, 3.63) is 24.3 Å². The molecule has 1 aromatic rings. The van der Waals surface area contributed by atoms with Gasteiger partial charge in [0.1, 0.15) is 0 Å². The fourth-order valence-electron chi connectivity index (χ4n) is 4.91.